The Hall–Kier alpha value is -2.30. The number of nitrogens with one attached hydrogen (secondary N) is 1. The number of carboxylic acids is 1. The summed E-state index contributed by atoms with van der Waals surface area (Å²) in [4.78, 5) is 23.0. The van der Waals surface area contributed by atoms with E-state index < -0.39 is 5.97 Å². The zero-order chi connectivity index (χ0) is 15.2. The van der Waals surface area contributed by atoms with Crippen LogP contribution in [0.3, 0.4) is 0 Å². The van der Waals surface area contributed by atoms with Crippen LogP contribution in [0.15, 0.2) is 36.9 Å². The Morgan fingerprint density at radius 1 is 1.33 bits per heavy atom. The summed E-state index contributed by atoms with van der Waals surface area (Å²) in [5.74, 6) is -0.625. The van der Waals surface area contributed by atoms with Crippen LogP contribution < -0.4 is 10.1 Å². The van der Waals surface area contributed by atoms with Gasteiger partial charge in [-0.2, -0.15) is 0 Å². The smallest absolute Gasteiger partial charge is 0.306 e. The van der Waals surface area contributed by atoms with Gasteiger partial charge < -0.3 is 15.2 Å². The number of hydrogen-bond donors (Lipinski definition) is 2. The Morgan fingerprint density at radius 3 is 2.62 bits per heavy atom. The quantitative estimate of drug-likeness (QED) is 0.787. The maximum Gasteiger partial charge on any atom is 0.306 e. The van der Waals surface area contributed by atoms with Gasteiger partial charge in [0.15, 0.2) is 0 Å². The molecule has 1 saturated carbocycles. The SMILES string of the molecule is C=CCOc1ccc(C(=O)NC2CCC(C(=O)O)C2)cc1. The highest BCUT2D eigenvalue weighted by Gasteiger charge is 2.30. The monoisotopic (exact) mass is 289 g/mol. The lowest BCUT2D eigenvalue weighted by molar-refractivity contribution is -0.141. The molecule has 2 atom stereocenters. The predicted octanol–water partition coefficient (Wildman–Crippen LogP) is 2.23. The third kappa shape index (κ3) is 4.08. The number of carbonyl (C=O) groups is 2. The van der Waals surface area contributed by atoms with Crippen molar-refractivity contribution in [3.8, 4) is 5.75 Å². The number of benzene rings is 1. The molecule has 21 heavy (non-hydrogen) atoms. The van der Waals surface area contributed by atoms with Crippen LogP contribution in [0.4, 0.5) is 0 Å². The van der Waals surface area contributed by atoms with E-state index in [0.717, 1.165) is 0 Å². The van der Waals surface area contributed by atoms with Gasteiger partial charge in [-0.3, -0.25) is 9.59 Å². The minimum atomic E-state index is -0.782. The molecule has 0 radical (unpaired) electrons. The summed E-state index contributed by atoms with van der Waals surface area (Å²) >= 11 is 0. The number of carbonyl (C=O) groups excluding carboxylic acids is 1. The largest absolute Gasteiger partial charge is 0.490 e. The van der Waals surface area contributed by atoms with E-state index in [2.05, 4.69) is 11.9 Å². The number of amides is 1. The summed E-state index contributed by atoms with van der Waals surface area (Å²) in [6.07, 6.45) is 3.49. The molecule has 0 bridgehead atoms. The van der Waals surface area contributed by atoms with Gasteiger partial charge in [-0.15, -0.1) is 0 Å². The molecule has 112 valence electrons. The number of ether oxygens (including phenoxy) is 1. The van der Waals surface area contributed by atoms with E-state index in [1.54, 1.807) is 30.3 Å². The first-order valence-corrected chi connectivity index (χ1v) is 6.97. The average molecular weight is 289 g/mol. The third-order valence-electron chi connectivity index (χ3n) is 3.60. The van der Waals surface area contributed by atoms with Crippen molar-refractivity contribution in [2.24, 2.45) is 5.92 Å². The number of carboxylic acid groups (broad SMARTS) is 1. The van der Waals surface area contributed by atoms with E-state index in [0.29, 0.717) is 37.2 Å². The Bertz CT molecular complexity index is 524. The molecule has 5 nitrogen and oxygen atoms in total. The van der Waals surface area contributed by atoms with Gasteiger partial charge in [-0.25, -0.2) is 0 Å². The molecular weight excluding hydrogens is 270 g/mol. The van der Waals surface area contributed by atoms with Crippen LogP contribution in [-0.2, 0) is 4.79 Å². The molecule has 5 heteroatoms. The molecule has 0 heterocycles. The number of rotatable bonds is 6. The summed E-state index contributed by atoms with van der Waals surface area (Å²) in [7, 11) is 0. The molecular formula is C16H19NO4. The Morgan fingerprint density at radius 2 is 2.05 bits per heavy atom. The van der Waals surface area contributed by atoms with Crippen molar-refractivity contribution in [3.05, 3.63) is 42.5 Å². The molecule has 1 amide bonds. The molecule has 2 rings (SSSR count). The van der Waals surface area contributed by atoms with Crippen molar-refractivity contribution < 1.29 is 19.4 Å². The van der Waals surface area contributed by atoms with Gasteiger partial charge >= 0.3 is 5.97 Å². The van der Waals surface area contributed by atoms with Crippen LogP contribution in [0.5, 0.6) is 5.75 Å². The number of aliphatic carboxylic acids is 1. The summed E-state index contributed by atoms with van der Waals surface area (Å²) in [6, 6.07) is 6.78. The van der Waals surface area contributed by atoms with Crippen LogP contribution in [0.1, 0.15) is 29.6 Å². The maximum absolute atomic E-state index is 12.1. The molecule has 2 unspecified atom stereocenters. The second-order valence-electron chi connectivity index (χ2n) is 5.14. The van der Waals surface area contributed by atoms with Crippen molar-refractivity contribution >= 4 is 11.9 Å². The van der Waals surface area contributed by atoms with E-state index in [9.17, 15) is 9.59 Å². The van der Waals surface area contributed by atoms with Crippen LogP contribution in [-0.4, -0.2) is 29.6 Å². The van der Waals surface area contributed by atoms with Crippen molar-refractivity contribution in [1.82, 2.24) is 5.32 Å². The second-order valence-corrected chi connectivity index (χ2v) is 5.14. The van der Waals surface area contributed by atoms with E-state index >= 15 is 0 Å². The highest BCUT2D eigenvalue weighted by atomic mass is 16.5. The Kier molecular flexibility index (Phi) is 4.98. The molecule has 1 fully saturated rings. The normalized spacial score (nSPS) is 20.8. The Labute approximate surface area is 123 Å². The fourth-order valence-corrected chi connectivity index (χ4v) is 2.46. The van der Waals surface area contributed by atoms with Gasteiger partial charge in [0.2, 0.25) is 0 Å². The first kappa shape index (κ1) is 15.1. The fourth-order valence-electron chi connectivity index (χ4n) is 2.46. The topological polar surface area (TPSA) is 75.6 Å². The highest BCUT2D eigenvalue weighted by Crippen LogP contribution is 2.26. The van der Waals surface area contributed by atoms with Crippen LogP contribution in [0.25, 0.3) is 0 Å². The first-order valence-electron chi connectivity index (χ1n) is 6.97. The highest BCUT2D eigenvalue weighted by molar-refractivity contribution is 5.94. The molecule has 0 aromatic heterocycles. The maximum atomic E-state index is 12.1. The van der Waals surface area contributed by atoms with Crippen LogP contribution >= 0.6 is 0 Å². The van der Waals surface area contributed by atoms with E-state index in [1.165, 1.54) is 0 Å². The zero-order valence-electron chi connectivity index (χ0n) is 11.7. The van der Waals surface area contributed by atoms with Gasteiger partial charge in [-0.05, 0) is 43.5 Å². The van der Waals surface area contributed by atoms with Crippen molar-refractivity contribution in [2.45, 2.75) is 25.3 Å². The zero-order valence-corrected chi connectivity index (χ0v) is 11.7. The summed E-state index contributed by atoms with van der Waals surface area (Å²) in [5.41, 5.74) is 0.541. The van der Waals surface area contributed by atoms with Gasteiger partial charge in [-0.1, -0.05) is 12.7 Å². The molecule has 1 aromatic carbocycles. The molecule has 2 N–H and O–H groups in total. The summed E-state index contributed by atoms with van der Waals surface area (Å²) in [6.45, 7) is 3.99. The van der Waals surface area contributed by atoms with Gasteiger partial charge in [0.1, 0.15) is 12.4 Å². The lowest BCUT2D eigenvalue weighted by Crippen LogP contribution is -2.33. The molecule has 1 aliphatic carbocycles. The average Bonchev–Trinajstić information content (AvgIpc) is 2.94. The third-order valence-corrected chi connectivity index (χ3v) is 3.60. The van der Waals surface area contributed by atoms with Gasteiger partial charge in [0.25, 0.3) is 5.91 Å². The van der Waals surface area contributed by atoms with Crippen molar-refractivity contribution in [2.75, 3.05) is 6.61 Å². The fraction of sp³-hybridized carbons (Fsp3) is 0.375. The Balaban J connectivity index is 1.88. The summed E-state index contributed by atoms with van der Waals surface area (Å²) in [5, 5.41) is 11.8. The molecule has 0 saturated heterocycles. The van der Waals surface area contributed by atoms with Crippen LogP contribution in [0.2, 0.25) is 0 Å². The standard InChI is InChI=1S/C16H19NO4/c1-2-9-21-14-7-4-11(5-8-14)15(18)17-13-6-3-12(10-13)16(19)20/h2,4-5,7-8,12-13H,1,3,6,9-10H2,(H,17,18)(H,19,20). The molecule has 0 aliphatic heterocycles. The van der Waals surface area contributed by atoms with Gasteiger partial charge in [0, 0.05) is 11.6 Å². The minimum Gasteiger partial charge on any atom is -0.490 e. The molecule has 1 aromatic rings. The minimum absolute atomic E-state index is 0.0599. The second kappa shape index (κ2) is 6.92. The van der Waals surface area contributed by atoms with Crippen molar-refractivity contribution in [3.63, 3.8) is 0 Å². The molecule has 0 spiro atoms. The van der Waals surface area contributed by atoms with Crippen LogP contribution in [0, 0.1) is 5.92 Å². The lowest BCUT2D eigenvalue weighted by atomic mass is 10.1. The summed E-state index contributed by atoms with van der Waals surface area (Å²) < 4.78 is 5.35. The molecule has 1 aliphatic rings. The van der Waals surface area contributed by atoms with E-state index in [-0.39, 0.29) is 17.9 Å². The van der Waals surface area contributed by atoms with Gasteiger partial charge in [0.05, 0.1) is 5.92 Å². The van der Waals surface area contributed by atoms with Crippen molar-refractivity contribution in [1.29, 1.82) is 0 Å². The first-order chi connectivity index (χ1) is 10.1. The number of hydrogen-bond acceptors (Lipinski definition) is 3. The van der Waals surface area contributed by atoms with E-state index in [1.807, 2.05) is 0 Å². The van der Waals surface area contributed by atoms with E-state index in [4.69, 9.17) is 9.84 Å². The predicted molar refractivity (Wildman–Crippen MR) is 78.4 cm³/mol. The lowest BCUT2D eigenvalue weighted by Gasteiger charge is -2.12.